The van der Waals surface area contributed by atoms with E-state index in [1.807, 2.05) is 28.1 Å². The number of aliphatic carboxylic acids is 1. The first-order valence-electron chi connectivity index (χ1n) is 5.01. The average Bonchev–Trinajstić information content (AvgIpc) is 2.00. The lowest BCUT2D eigenvalue weighted by Crippen LogP contribution is -2.42. The minimum atomic E-state index is -0.855. The van der Waals surface area contributed by atoms with Crippen LogP contribution in [0.3, 0.4) is 0 Å². The molecule has 0 aromatic rings. The molecule has 86 valence electrons. The summed E-state index contributed by atoms with van der Waals surface area (Å²) in [5.41, 5.74) is 0. The molecular formula is C11H20NO3+. The highest BCUT2D eigenvalue weighted by molar-refractivity contribution is 5.67. The summed E-state index contributed by atoms with van der Waals surface area (Å²) in [4.78, 5) is 10.6. The molecule has 15 heavy (non-hydrogen) atoms. The van der Waals surface area contributed by atoms with Gasteiger partial charge in [0.25, 0.3) is 0 Å². The number of carboxylic acid groups (broad SMARTS) is 1. The molecule has 0 aliphatic carbocycles. The fourth-order valence-corrected chi connectivity index (χ4v) is 1.15. The van der Waals surface area contributed by atoms with Gasteiger partial charge in [-0.25, -0.2) is 0 Å². The average molecular weight is 214 g/mol. The molecule has 4 heteroatoms. The second-order valence-corrected chi connectivity index (χ2v) is 4.44. The highest BCUT2D eigenvalue weighted by Crippen LogP contribution is 2.04. The molecule has 0 amide bonds. The van der Waals surface area contributed by atoms with Crippen LogP contribution in [0.5, 0.6) is 0 Å². The molecule has 0 rings (SSSR count). The molecule has 1 N–H and O–H groups in total. The van der Waals surface area contributed by atoms with Gasteiger partial charge in [-0.2, -0.15) is 0 Å². The molecule has 4 nitrogen and oxygen atoms in total. The normalized spacial score (nSPS) is 12.5. The van der Waals surface area contributed by atoms with Crippen molar-refractivity contribution in [2.75, 3.05) is 27.7 Å². The zero-order chi connectivity index (χ0) is 11.9. The Morgan fingerprint density at radius 2 is 2.07 bits per heavy atom. The predicted octanol–water partition coefficient (Wildman–Crippen LogP) is 0.923. The van der Waals surface area contributed by atoms with Crippen LogP contribution in [0.2, 0.25) is 0 Å². The maximum atomic E-state index is 10.6. The van der Waals surface area contributed by atoms with Gasteiger partial charge in [-0.15, -0.1) is 0 Å². The van der Waals surface area contributed by atoms with E-state index in [9.17, 15) is 4.79 Å². The Balaban J connectivity index is 4.24. The zero-order valence-electron chi connectivity index (χ0n) is 9.91. The van der Waals surface area contributed by atoms with E-state index in [1.165, 1.54) is 0 Å². The van der Waals surface area contributed by atoms with E-state index in [0.29, 0.717) is 17.4 Å². The van der Waals surface area contributed by atoms with Crippen molar-refractivity contribution in [3.05, 3.63) is 0 Å². The third-order valence-electron chi connectivity index (χ3n) is 1.63. The van der Waals surface area contributed by atoms with Gasteiger partial charge in [0.1, 0.15) is 12.7 Å². The SMILES string of the molecule is CCC#COC(CC(=O)O)C[N+](C)(C)C. The molecule has 0 bridgehead atoms. The smallest absolute Gasteiger partial charge is 0.307 e. The van der Waals surface area contributed by atoms with E-state index in [0.717, 1.165) is 0 Å². The highest BCUT2D eigenvalue weighted by Gasteiger charge is 2.21. The Morgan fingerprint density at radius 3 is 2.47 bits per heavy atom. The van der Waals surface area contributed by atoms with Gasteiger partial charge in [-0.1, -0.05) is 12.8 Å². The van der Waals surface area contributed by atoms with E-state index in [4.69, 9.17) is 9.84 Å². The first kappa shape index (κ1) is 13.8. The van der Waals surface area contributed by atoms with E-state index in [1.54, 1.807) is 0 Å². The van der Waals surface area contributed by atoms with Crippen LogP contribution < -0.4 is 0 Å². The number of carboxylic acids is 1. The number of ether oxygens (including phenoxy) is 1. The molecule has 0 aliphatic heterocycles. The van der Waals surface area contributed by atoms with Crippen molar-refractivity contribution in [1.29, 1.82) is 0 Å². The quantitative estimate of drug-likeness (QED) is 0.547. The number of nitrogens with zero attached hydrogens (tertiary/aromatic N) is 1. The number of hydrogen-bond acceptors (Lipinski definition) is 2. The van der Waals surface area contributed by atoms with Gasteiger partial charge in [-0.05, 0) is 0 Å². The van der Waals surface area contributed by atoms with Gasteiger partial charge >= 0.3 is 5.97 Å². The summed E-state index contributed by atoms with van der Waals surface area (Å²) >= 11 is 0. The third kappa shape index (κ3) is 9.10. The van der Waals surface area contributed by atoms with Crippen molar-refractivity contribution in [2.45, 2.75) is 25.9 Å². The van der Waals surface area contributed by atoms with Crippen LogP contribution in [-0.2, 0) is 9.53 Å². The summed E-state index contributed by atoms with van der Waals surface area (Å²) in [5, 5.41) is 8.70. The highest BCUT2D eigenvalue weighted by atomic mass is 16.5. The van der Waals surface area contributed by atoms with Crippen molar-refractivity contribution >= 4 is 5.97 Å². The Bertz CT molecular complexity index is 257. The summed E-state index contributed by atoms with van der Waals surface area (Å²) in [6, 6.07) is 0. The standard InChI is InChI=1S/C11H19NO3/c1-5-6-7-15-10(8-11(13)14)9-12(2,3)4/h10H,5,8-9H2,1-4H3/p+1. The van der Waals surface area contributed by atoms with Gasteiger partial charge in [0.15, 0.2) is 6.10 Å². The monoisotopic (exact) mass is 214 g/mol. The van der Waals surface area contributed by atoms with E-state index < -0.39 is 5.97 Å². The van der Waals surface area contributed by atoms with Crippen LogP contribution in [0, 0.1) is 12.0 Å². The van der Waals surface area contributed by atoms with Gasteiger partial charge in [-0.3, -0.25) is 4.79 Å². The second-order valence-electron chi connectivity index (χ2n) is 4.44. The summed E-state index contributed by atoms with van der Waals surface area (Å²) in [7, 11) is 5.97. The van der Waals surface area contributed by atoms with Crippen LogP contribution in [0.1, 0.15) is 19.8 Å². The van der Waals surface area contributed by atoms with Crippen molar-refractivity contribution < 1.29 is 19.1 Å². The Labute approximate surface area is 91.4 Å². The molecule has 1 unspecified atom stereocenters. The van der Waals surface area contributed by atoms with Crippen molar-refractivity contribution in [2.24, 2.45) is 0 Å². The Kier molecular flexibility index (Phi) is 5.80. The van der Waals surface area contributed by atoms with Crippen LogP contribution in [0.25, 0.3) is 0 Å². The number of carbonyl (C=O) groups is 1. The number of quaternary nitrogens is 1. The molecule has 0 aromatic heterocycles. The predicted molar refractivity (Wildman–Crippen MR) is 58.1 cm³/mol. The molecule has 0 aromatic carbocycles. The largest absolute Gasteiger partial charge is 0.481 e. The molecule has 0 saturated carbocycles. The molecule has 1 atom stereocenters. The first-order valence-corrected chi connectivity index (χ1v) is 5.01. The minimum Gasteiger partial charge on any atom is -0.481 e. The minimum absolute atomic E-state index is 0.00604. The maximum absolute atomic E-state index is 10.6. The molecule has 0 radical (unpaired) electrons. The van der Waals surface area contributed by atoms with Crippen molar-refractivity contribution in [1.82, 2.24) is 0 Å². The lowest BCUT2D eigenvalue weighted by molar-refractivity contribution is -0.873. The van der Waals surface area contributed by atoms with E-state index in [-0.39, 0.29) is 12.5 Å². The van der Waals surface area contributed by atoms with Crippen molar-refractivity contribution in [3.8, 4) is 12.0 Å². The topological polar surface area (TPSA) is 46.5 Å². The van der Waals surface area contributed by atoms with Gasteiger partial charge < -0.3 is 14.3 Å². The molecule has 0 heterocycles. The van der Waals surface area contributed by atoms with Crippen LogP contribution >= 0.6 is 0 Å². The van der Waals surface area contributed by atoms with Crippen molar-refractivity contribution in [3.63, 3.8) is 0 Å². The summed E-state index contributed by atoms with van der Waals surface area (Å²) in [6.45, 7) is 2.55. The number of hydrogen-bond donors (Lipinski definition) is 1. The molecule has 0 saturated heterocycles. The van der Waals surface area contributed by atoms with E-state index >= 15 is 0 Å². The molecular weight excluding hydrogens is 194 g/mol. The number of rotatable bonds is 5. The maximum Gasteiger partial charge on any atom is 0.307 e. The molecule has 0 fully saturated rings. The van der Waals surface area contributed by atoms with Crippen LogP contribution in [-0.4, -0.2) is 49.4 Å². The van der Waals surface area contributed by atoms with E-state index in [2.05, 4.69) is 12.0 Å². The summed E-state index contributed by atoms with van der Waals surface area (Å²) < 4.78 is 5.87. The summed E-state index contributed by atoms with van der Waals surface area (Å²) in [6.07, 6.45) is 2.90. The Hall–Kier alpha value is -1.21. The second kappa shape index (κ2) is 6.31. The number of likely N-dealkylation sites (N-methyl/N-ethyl adjacent to an activating group) is 1. The third-order valence-corrected chi connectivity index (χ3v) is 1.63. The van der Waals surface area contributed by atoms with Crippen LogP contribution in [0.4, 0.5) is 0 Å². The Morgan fingerprint density at radius 1 is 1.47 bits per heavy atom. The fourth-order valence-electron chi connectivity index (χ4n) is 1.15. The molecule has 0 aliphatic rings. The van der Waals surface area contributed by atoms with Gasteiger partial charge in [0, 0.05) is 6.42 Å². The lowest BCUT2D eigenvalue weighted by Gasteiger charge is -2.27. The van der Waals surface area contributed by atoms with Gasteiger partial charge in [0.05, 0.1) is 27.6 Å². The fraction of sp³-hybridized carbons (Fsp3) is 0.727. The van der Waals surface area contributed by atoms with Crippen LogP contribution in [0.15, 0.2) is 0 Å². The molecule has 0 spiro atoms. The van der Waals surface area contributed by atoms with Gasteiger partial charge in [0.2, 0.25) is 0 Å². The lowest BCUT2D eigenvalue weighted by atomic mass is 10.2. The zero-order valence-corrected chi connectivity index (χ0v) is 9.91. The summed E-state index contributed by atoms with van der Waals surface area (Å²) in [5.74, 6) is 1.91. The first-order chi connectivity index (χ1) is 6.85.